The zero-order chi connectivity index (χ0) is 95.0. The van der Waals surface area contributed by atoms with Gasteiger partial charge in [-0.25, -0.2) is 0 Å². The number of carbonyl (C=O) groups excluding carboxylic acids is 19. The van der Waals surface area contributed by atoms with Crippen LogP contribution in [0.25, 0.3) is 0 Å². The molecule has 18 amide bonds. The molecule has 24 N–H and O–H groups in total. The number of hydrogen-bond acceptors (Lipinski definition) is 21. The van der Waals surface area contributed by atoms with E-state index in [1.165, 1.54) is 27.7 Å². The highest BCUT2D eigenvalue weighted by molar-refractivity contribution is 6.01. The first kappa shape index (κ1) is 113. The third kappa shape index (κ3) is 49.0. The fraction of sp³-hybridized carbons (Fsp3) is 0.762. The van der Waals surface area contributed by atoms with E-state index in [4.69, 9.17) is 33.4 Å². The van der Waals surface area contributed by atoms with Crippen LogP contribution in [0.2, 0.25) is 0 Å². The quantitative estimate of drug-likeness (QED) is 0.0289. The normalized spacial score (nSPS) is 14.8. The second kappa shape index (κ2) is 60.1. The molecule has 0 saturated heterocycles. The van der Waals surface area contributed by atoms with Crippen molar-refractivity contribution in [2.24, 2.45) is 76.0 Å². The molecule has 0 aromatic heterocycles. The first-order valence-corrected chi connectivity index (χ1v) is 43.6. The molecule has 40 heteroatoms. The monoisotopic (exact) mass is 1760 g/mol. The molecule has 124 heavy (non-hydrogen) atoms. The van der Waals surface area contributed by atoms with Crippen LogP contribution in [0.3, 0.4) is 0 Å². The summed E-state index contributed by atoms with van der Waals surface area (Å²) in [6.07, 6.45) is 2.25. The summed E-state index contributed by atoms with van der Waals surface area (Å²) in [6.45, 7) is 28.2. The molecule has 0 saturated carbocycles. The summed E-state index contributed by atoms with van der Waals surface area (Å²) < 4.78 is 5.54. The van der Waals surface area contributed by atoms with Crippen molar-refractivity contribution in [1.82, 2.24) is 69.1 Å². The maximum Gasteiger partial charge on any atom is 0.306 e. The lowest BCUT2D eigenvalue weighted by molar-refractivity contribution is -0.148. The number of nitrogens with one attached hydrogen (secondary N) is 13. The van der Waals surface area contributed by atoms with E-state index in [1.54, 1.807) is 76.2 Å². The molecule has 40 nitrogen and oxygen atoms in total. The molecule has 0 fully saturated rings. The topological polar surface area (TPSA) is 657 Å². The summed E-state index contributed by atoms with van der Waals surface area (Å²) in [7, 11) is 0. The van der Waals surface area contributed by atoms with Gasteiger partial charge in [-0.15, -0.1) is 0 Å². The van der Waals surface area contributed by atoms with E-state index in [9.17, 15) is 101 Å². The Labute approximate surface area is 729 Å². The van der Waals surface area contributed by atoms with Gasteiger partial charge in [-0.05, 0) is 118 Å². The number of ether oxygens (including phenoxy) is 1. The Balaban J connectivity index is 7.49. The second-order valence-corrected chi connectivity index (χ2v) is 35.0. The zero-order valence-electron chi connectivity index (χ0n) is 75.9. The number of unbranched alkanes of at least 4 members (excludes halogenated alkanes) is 6. The minimum Gasteiger partial charge on any atom is -0.481 e. The molecular weight excluding hydrogens is 1610 g/mol. The van der Waals surface area contributed by atoms with E-state index in [-0.39, 0.29) is 87.4 Å². The number of carboxylic acid groups (broad SMARTS) is 1. The van der Waals surface area contributed by atoms with Crippen LogP contribution >= 0.6 is 0 Å². The number of amides is 18. The van der Waals surface area contributed by atoms with E-state index in [2.05, 4.69) is 76.0 Å². The summed E-state index contributed by atoms with van der Waals surface area (Å²) in [5.41, 5.74) is 27.4. The van der Waals surface area contributed by atoms with Crippen LogP contribution in [-0.2, 0) is 101 Å². The molecule has 0 radical (unpaired) electrons. The summed E-state index contributed by atoms with van der Waals surface area (Å²) >= 11 is 0. The van der Waals surface area contributed by atoms with Gasteiger partial charge in [0, 0.05) is 44.9 Å². The smallest absolute Gasteiger partial charge is 0.306 e. The third-order valence-corrected chi connectivity index (χ3v) is 20.0. The Morgan fingerprint density at radius 1 is 0.282 bits per heavy atom. The van der Waals surface area contributed by atoms with Gasteiger partial charge in [0.25, 0.3) is 0 Å². The van der Waals surface area contributed by atoms with Gasteiger partial charge in [0.2, 0.25) is 106 Å². The van der Waals surface area contributed by atoms with Crippen molar-refractivity contribution in [3.63, 3.8) is 0 Å². The predicted molar refractivity (Wildman–Crippen MR) is 459 cm³/mol. The van der Waals surface area contributed by atoms with Crippen molar-refractivity contribution in [3.05, 3.63) is 0 Å². The Morgan fingerprint density at radius 2 is 0.532 bits per heavy atom. The highest BCUT2D eigenvalue weighted by Gasteiger charge is 2.40. The van der Waals surface area contributed by atoms with Crippen LogP contribution < -0.4 is 97.8 Å². The number of carbonyl (C=O) groups is 20. The highest BCUT2D eigenvalue weighted by Crippen LogP contribution is 2.19. The molecule has 0 aliphatic carbocycles. The van der Waals surface area contributed by atoms with E-state index in [0.717, 1.165) is 38.5 Å². The zero-order valence-corrected chi connectivity index (χ0v) is 75.9. The lowest BCUT2D eigenvalue weighted by atomic mass is 9.98. The van der Waals surface area contributed by atoms with Gasteiger partial charge in [0.1, 0.15) is 85.2 Å². The molecule has 0 aliphatic rings. The van der Waals surface area contributed by atoms with Crippen LogP contribution in [0.5, 0.6) is 0 Å². The number of carboxylic acids is 1. The first-order valence-electron chi connectivity index (χ1n) is 43.6. The molecule has 0 aromatic rings. The number of esters is 1. The fourth-order valence-corrected chi connectivity index (χ4v) is 12.9. The number of aliphatic carboxylic acids is 1. The molecule has 0 rings (SSSR count). The van der Waals surface area contributed by atoms with Crippen molar-refractivity contribution in [2.75, 3.05) is 6.61 Å². The molecule has 0 aromatic carbocycles. The number of nitrogens with two attached hydrogens (primary N) is 5. The average molecular weight is 1760 g/mol. The summed E-state index contributed by atoms with van der Waals surface area (Å²) in [4.78, 5) is 272. The lowest BCUT2D eigenvalue weighted by Crippen LogP contribution is -2.62. The van der Waals surface area contributed by atoms with Gasteiger partial charge in [-0.1, -0.05) is 163 Å². The molecular formula is C84H148N18O22. The molecule has 706 valence electrons. The van der Waals surface area contributed by atoms with E-state index in [1.807, 2.05) is 6.92 Å². The van der Waals surface area contributed by atoms with Crippen LogP contribution in [0, 0.1) is 47.3 Å². The third-order valence-electron chi connectivity index (χ3n) is 20.0. The fourth-order valence-electron chi connectivity index (χ4n) is 12.9. The first-order chi connectivity index (χ1) is 57.8. The number of rotatable bonds is 66. The Morgan fingerprint density at radius 3 is 0.823 bits per heavy atom. The molecule has 0 bridgehead atoms. The molecule has 0 aliphatic heterocycles. The molecule has 0 unspecified atom stereocenters. The van der Waals surface area contributed by atoms with Crippen LogP contribution in [0.4, 0.5) is 0 Å². The van der Waals surface area contributed by atoms with E-state index >= 15 is 0 Å². The van der Waals surface area contributed by atoms with Crippen molar-refractivity contribution in [2.45, 2.75) is 357 Å². The Kier molecular flexibility index (Phi) is 54.9. The summed E-state index contributed by atoms with van der Waals surface area (Å²) in [6, 6.07) is -20.0. The SMILES string of the molecule is CCCCCCCCCC(=O)N[C@@H](CC(C)C)C(=O)N[C@H](CCC(=O)O)C(=O)N[C@H](CCC(N)=O)C(=O)N[C@@H](C(=O)N[C@H](CC(C)C)C(=O)N[C@@H](CCC(N)=O)C(=O)N[C@H](COC(=O)C[C@@H](C)CC)C(=O)N[C@@H](C(=O)N[C@H](CC(C)C)C(=O)N[C@H](CCC(N)=O)C(=O)N[C@H](CC(C)C)C(=O)N[C@@H](CC(C)C)C(=O)N[C@H](CCC(N)=O)C(N)=O)C(C)C)C(C)C. The Bertz CT molecular complexity index is 3540. The Hall–Kier alpha value is -10.6. The minimum absolute atomic E-state index is 0.0257. The largest absolute Gasteiger partial charge is 0.481 e. The van der Waals surface area contributed by atoms with Gasteiger partial charge in [-0.3, -0.25) is 95.9 Å². The van der Waals surface area contributed by atoms with Crippen LogP contribution in [-0.4, -0.2) is 209 Å². The van der Waals surface area contributed by atoms with Crippen molar-refractivity contribution >= 4 is 118 Å². The van der Waals surface area contributed by atoms with Crippen molar-refractivity contribution in [1.29, 1.82) is 0 Å². The summed E-state index contributed by atoms with van der Waals surface area (Å²) in [5.74, 6) is -22.4. The molecule has 0 heterocycles. The van der Waals surface area contributed by atoms with Crippen LogP contribution in [0.15, 0.2) is 0 Å². The van der Waals surface area contributed by atoms with Gasteiger partial charge in [0.05, 0.1) is 0 Å². The number of primary amides is 5. The van der Waals surface area contributed by atoms with Crippen molar-refractivity contribution in [3.8, 4) is 0 Å². The lowest BCUT2D eigenvalue weighted by Gasteiger charge is -2.30. The van der Waals surface area contributed by atoms with Gasteiger partial charge in [-0.2, -0.15) is 0 Å². The molecule has 0 spiro atoms. The molecule has 14 atom stereocenters. The summed E-state index contributed by atoms with van der Waals surface area (Å²) in [5, 5.41) is 43.0. The van der Waals surface area contributed by atoms with Gasteiger partial charge < -0.3 is 108 Å². The highest BCUT2D eigenvalue weighted by atomic mass is 16.5. The van der Waals surface area contributed by atoms with Gasteiger partial charge >= 0.3 is 11.9 Å². The number of hydrogen-bond donors (Lipinski definition) is 19. The standard InChI is InChI=1S/C84H148N18O22/c1-18-20-21-22-23-24-25-26-67(107)90-57(37-44(3)4)77(116)95-56(31-36-68(108)109)73(112)92-55(30-35-66(88)106)76(115)101-70(49(13)14)83(122)98-61(41-48(11)12)80(119)94-54(29-34-65(87)105)75(114)100-62(43-124-69(110)42-51(17)19-2)82(121)102-71(50(15)16)84(123)99-60(40-47(9)10)79(118)93-53(28-33-64(86)104)74(113)96-59(39-46(7)8)81(120)97-58(38-45(5)6)78(117)91-52(72(89)111)27-32-63(85)103/h44-62,70-71H,18-43H2,1-17H3,(H2,85,103)(H2,86,104)(H2,87,105)(H2,88,106)(H2,89,111)(H,90,107)(H,91,117)(H,92,112)(H,93,118)(H,94,119)(H,95,116)(H,96,113)(H,97,120)(H,98,122)(H,99,123)(H,100,114)(H,101,115)(H,102,121)(H,108,109)/t51-,52+,53+,54-,55+,56+,57-,58-,59+,60+,61+,62+,70+,71+/m0/s1. The van der Waals surface area contributed by atoms with Gasteiger partial charge in [0.15, 0.2) is 0 Å². The van der Waals surface area contributed by atoms with E-state index in [0.29, 0.717) is 12.8 Å². The second-order valence-electron chi connectivity index (χ2n) is 35.0. The average Bonchev–Trinajstić information content (AvgIpc) is 0.814. The minimum atomic E-state index is -1.90. The van der Waals surface area contributed by atoms with Crippen molar-refractivity contribution < 1.29 is 106 Å². The maximum absolute atomic E-state index is 14.8. The maximum atomic E-state index is 14.8. The van der Waals surface area contributed by atoms with Crippen LogP contribution in [0.1, 0.15) is 278 Å². The van der Waals surface area contributed by atoms with E-state index < -0.39 is 273 Å². The predicted octanol–water partition coefficient (Wildman–Crippen LogP) is 0.364.